The summed E-state index contributed by atoms with van der Waals surface area (Å²) < 4.78 is 0. The summed E-state index contributed by atoms with van der Waals surface area (Å²) >= 11 is 0. The maximum absolute atomic E-state index is 12.3. The Balaban J connectivity index is 1.70. The molecule has 1 fully saturated rings. The van der Waals surface area contributed by atoms with Gasteiger partial charge in [0.1, 0.15) is 0 Å². The third kappa shape index (κ3) is 2.05. The predicted octanol–water partition coefficient (Wildman–Crippen LogP) is 1.96. The van der Waals surface area contributed by atoms with Gasteiger partial charge in [0.25, 0.3) is 5.91 Å². The summed E-state index contributed by atoms with van der Waals surface area (Å²) in [6, 6.07) is 7.52. The first kappa shape index (κ1) is 12.7. The number of carbonyl (C=O) groups is 2. The molecule has 1 aliphatic heterocycles. The number of aromatic amines is 1. The van der Waals surface area contributed by atoms with E-state index in [1.807, 2.05) is 30.5 Å². The highest BCUT2D eigenvalue weighted by Gasteiger charge is 2.37. The summed E-state index contributed by atoms with van der Waals surface area (Å²) in [6.45, 7) is 2.74. The van der Waals surface area contributed by atoms with Gasteiger partial charge < -0.3 is 15.0 Å². The Bertz CT molecular complexity index is 671. The van der Waals surface area contributed by atoms with Crippen LogP contribution in [0, 0.1) is 11.8 Å². The molecule has 2 aromatic rings. The molecule has 1 amide bonds. The number of fused-ring (bicyclic) bond motifs is 1. The number of aliphatic carboxylic acids is 1. The zero-order chi connectivity index (χ0) is 14.3. The van der Waals surface area contributed by atoms with Crippen LogP contribution in [0.15, 0.2) is 30.5 Å². The Kier molecular flexibility index (Phi) is 2.97. The second kappa shape index (κ2) is 4.67. The van der Waals surface area contributed by atoms with Crippen molar-refractivity contribution in [3.63, 3.8) is 0 Å². The van der Waals surface area contributed by atoms with Crippen molar-refractivity contribution >= 4 is 22.8 Å². The lowest BCUT2D eigenvalue weighted by Crippen LogP contribution is -2.53. The molecule has 0 saturated carbocycles. The fourth-order valence-corrected chi connectivity index (χ4v) is 2.56. The van der Waals surface area contributed by atoms with Crippen molar-refractivity contribution in [2.24, 2.45) is 11.8 Å². The van der Waals surface area contributed by atoms with Gasteiger partial charge in [-0.1, -0.05) is 13.0 Å². The molecule has 1 unspecified atom stereocenters. The lowest BCUT2D eigenvalue weighted by Gasteiger charge is -2.41. The second-order valence-electron chi connectivity index (χ2n) is 5.38. The van der Waals surface area contributed by atoms with E-state index in [0.717, 1.165) is 10.9 Å². The van der Waals surface area contributed by atoms with Crippen LogP contribution in [0.5, 0.6) is 0 Å². The Morgan fingerprint density at radius 3 is 2.80 bits per heavy atom. The zero-order valence-corrected chi connectivity index (χ0v) is 11.2. The van der Waals surface area contributed by atoms with Crippen molar-refractivity contribution in [1.82, 2.24) is 9.88 Å². The van der Waals surface area contributed by atoms with E-state index in [4.69, 9.17) is 5.11 Å². The third-order valence-corrected chi connectivity index (χ3v) is 4.10. The van der Waals surface area contributed by atoms with Crippen LogP contribution in [0.2, 0.25) is 0 Å². The van der Waals surface area contributed by atoms with Gasteiger partial charge in [-0.05, 0) is 23.6 Å². The summed E-state index contributed by atoms with van der Waals surface area (Å²) in [5, 5.41) is 10.0. The number of nitrogens with zero attached hydrogens (tertiary/aromatic N) is 1. The number of aromatic nitrogens is 1. The number of nitrogens with one attached hydrogen (secondary N) is 1. The van der Waals surface area contributed by atoms with E-state index >= 15 is 0 Å². The van der Waals surface area contributed by atoms with Gasteiger partial charge in [-0.3, -0.25) is 9.59 Å². The quantitative estimate of drug-likeness (QED) is 0.897. The molecular formula is C15H16N2O3. The lowest BCUT2D eigenvalue weighted by atomic mass is 9.86. The van der Waals surface area contributed by atoms with Gasteiger partial charge in [-0.15, -0.1) is 0 Å². The second-order valence-corrected chi connectivity index (χ2v) is 5.38. The van der Waals surface area contributed by atoms with E-state index in [-0.39, 0.29) is 11.8 Å². The Hall–Kier alpha value is -2.30. The molecule has 1 aromatic carbocycles. The molecule has 2 heterocycles. The molecule has 20 heavy (non-hydrogen) atoms. The van der Waals surface area contributed by atoms with Gasteiger partial charge >= 0.3 is 5.97 Å². The number of amides is 1. The molecule has 0 aliphatic carbocycles. The first-order valence-corrected chi connectivity index (χ1v) is 6.65. The maximum atomic E-state index is 12.3. The normalized spacial score (nSPS) is 16.9. The van der Waals surface area contributed by atoms with E-state index in [0.29, 0.717) is 18.7 Å². The molecule has 1 saturated heterocycles. The summed E-state index contributed by atoms with van der Waals surface area (Å²) in [5.41, 5.74) is 1.58. The largest absolute Gasteiger partial charge is 0.481 e. The van der Waals surface area contributed by atoms with E-state index in [9.17, 15) is 9.59 Å². The number of carboxylic acid groups (broad SMARTS) is 1. The van der Waals surface area contributed by atoms with Crippen LogP contribution < -0.4 is 0 Å². The molecule has 1 atom stereocenters. The molecule has 0 spiro atoms. The van der Waals surface area contributed by atoms with E-state index < -0.39 is 11.9 Å². The van der Waals surface area contributed by atoms with E-state index in [1.54, 1.807) is 11.8 Å². The number of hydrogen-bond acceptors (Lipinski definition) is 2. The summed E-state index contributed by atoms with van der Waals surface area (Å²) in [4.78, 5) is 28.0. The highest BCUT2D eigenvalue weighted by atomic mass is 16.4. The van der Waals surface area contributed by atoms with Crippen LogP contribution in [-0.2, 0) is 4.79 Å². The fourth-order valence-electron chi connectivity index (χ4n) is 2.56. The maximum Gasteiger partial charge on any atom is 0.306 e. The van der Waals surface area contributed by atoms with E-state index in [2.05, 4.69) is 4.98 Å². The number of likely N-dealkylation sites (tertiary alicyclic amines) is 1. The van der Waals surface area contributed by atoms with Crippen molar-refractivity contribution in [3.8, 4) is 0 Å². The third-order valence-electron chi connectivity index (χ3n) is 4.10. The van der Waals surface area contributed by atoms with Crippen LogP contribution in [0.25, 0.3) is 10.9 Å². The minimum absolute atomic E-state index is 0.0321. The van der Waals surface area contributed by atoms with Gasteiger partial charge in [-0.2, -0.15) is 0 Å². The molecule has 3 rings (SSSR count). The van der Waals surface area contributed by atoms with Crippen LogP contribution in [0.4, 0.5) is 0 Å². The minimum Gasteiger partial charge on any atom is -0.481 e. The van der Waals surface area contributed by atoms with Crippen LogP contribution in [-0.4, -0.2) is 40.0 Å². The standard InChI is InChI=1S/C15H16N2O3/c1-9(15(19)20)12-7-17(8-12)14(18)11-3-2-10-4-5-16-13(10)6-11/h2-6,9,12,16H,7-8H2,1H3,(H,19,20). The van der Waals surface area contributed by atoms with Gasteiger partial charge in [0.2, 0.25) is 0 Å². The van der Waals surface area contributed by atoms with Crippen LogP contribution >= 0.6 is 0 Å². The molecule has 104 valence electrons. The molecule has 5 heteroatoms. The minimum atomic E-state index is -0.796. The first-order chi connectivity index (χ1) is 9.56. The van der Waals surface area contributed by atoms with Crippen molar-refractivity contribution in [1.29, 1.82) is 0 Å². The fraction of sp³-hybridized carbons (Fsp3) is 0.333. The number of H-pyrrole nitrogens is 1. The molecule has 0 radical (unpaired) electrons. The molecule has 1 aromatic heterocycles. The predicted molar refractivity (Wildman–Crippen MR) is 74.5 cm³/mol. The highest BCUT2D eigenvalue weighted by Crippen LogP contribution is 2.26. The molecule has 0 bridgehead atoms. The summed E-state index contributed by atoms with van der Waals surface area (Å²) in [5.74, 6) is -1.17. The SMILES string of the molecule is CC(C(=O)O)C1CN(C(=O)c2ccc3cc[nH]c3c2)C1. The number of hydrogen-bond donors (Lipinski definition) is 2. The number of carbonyl (C=O) groups excluding carboxylic acids is 1. The van der Waals surface area contributed by atoms with Crippen molar-refractivity contribution in [3.05, 3.63) is 36.0 Å². The molecule has 2 N–H and O–H groups in total. The van der Waals surface area contributed by atoms with Crippen molar-refractivity contribution < 1.29 is 14.7 Å². The number of rotatable bonds is 3. The van der Waals surface area contributed by atoms with Gasteiger partial charge in [-0.25, -0.2) is 0 Å². The lowest BCUT2D eigenvalue weighted by molar-refractivity contribution is -0.144. The van der Waals surface area contributed by atoms with Gasteiger partial charge in [0.15, 0.2) is 0 Å². The Labute approximate surface area is 116 Å². The average Bonchev–Trinajstić information content (AvgIpc) is 2.83. The Morgan fingerprint density at radius 2 is 2.10 bits per heavy atom. The summed E-state index contributed by atoms with van der Waals surface area (Å²) in [7, 11) is 0. The first-order valence-electron chi connectivity index (χ1n) is 6.65. The molecule has 5 nitrogen and oxygen atoms in total. The van der Waals surface area contributed by atoms with Crippen LogP contribution in [0.1, 0.15) is 17.3 Å². The zero-order valence-electron chi connectivity index (χ0n) is 11.2. The smallest absolute Gasteiger partial charge is 0.306 e. The Morgan fingerprint density at radius 1 is 1.35 bits per heavy atom. The topological polar surface area (TPSA) is 73.4 Å². The van der Waals surface area contributed by atoms with Gasteiger partial charge in [0.05, 0.1) is 5.92 Å². The number of benzene rings is 1. The summed E-state index contributed by atoms with van der Waals surface area (Å²) in [6.07, 6.45) is 1.84. The van der Waals surface area contributed by atoms with E-state index in [1.165, 1.54) is 0 Å². The highest BCUT2D eigenvalue weighted by molar-refractivity contribution is 5.98. The molecular weight excluding hydrogens is 256 g/mol. The van der Waals surface area contributed by atoms with Gasteiger partial charge in [0, 0.05) is 36.3 Å². The van der Waals surface area contributed by atoms with Crippen molar-refractivity contribution in [2.45, 2.75) is 6.92 Å². The monoisotopic (exact) mass is 272 g/mol. The number of carboxylic acids is 1. The van der Waals surface area contributed by atoms with Crippen LogP contribution in [0.3, 0.4) is 0 Å². The average molecular weight is 272 g/mol. The van der Waals surface area contributed by atoms with Crippen molar-refractivity contribution in [2.75, 3.05) is 13.1 Å². The molecule has 1 aliphatic rings.